The summed E-state index contributed by atoms with van der Waals surface area (Å²) in [5.41, 5.74) is 1.29. The Labute approximate surface area is 173 Å². The largest absolute Gasteiger partial charge is 0.490 e. The van der Waals surface area contributed by atoms with Gasteiger partial charge in [-0.05, 0) is 36.6 Å². The zero-order valence-corrected chi connectivity index (χ0v) is 17.8. The average molecular weight is 454 g/mol. The van der Waals surface area contributed by atoms with E-state index in [1.807, 2.05) is 20.8 Å². The van der Waals surface area contributed by atoms with Gasteiger partial charge in [-0.15, -0.1) is 0 Å². The maximum Gasteiger partial charge on any atom is 0.320 e. The summed E-state index contributed by atoms with van der Waals surface area (Å²) in [6, 6.07) is 9.35. The highest BCUT2D eigenvalue weighted by Crippen LogP contribution is 2.34. The van der Waals surface area contributed by atoms with Crippen LogP contribution in [-0.2, 0) is 17.9 Å². The first kappa shape index (κ1) is 22.2. The van der Waals surface area contributed by atoms with Crippen molar-refractivity contribution in [3.05, 3.63) is 57.8 Å². The summed E-state index contributed by atoms with van der Waals surface area (Å²) in [7, 11) is 0. The fourth-order valence-corrected chi connectivity index (χ4v) is 3.16. The van der Waals surface area contributed by atoms with Gasteiger partial charge in [0.05, 0.1) is 6.61 Å². The molecule has 28 heavy (non-hydrogen) atoms. The second-order valence-electron chi connectivity index (χ2n) is 6.64. The SMILES string of the molecule is CCOc1cc(CNC(C(=O)O)C(C)C)c(Br)cc1OCc1ccccc1F. The fourth-order valence-electron chi connectivity index (χ4n) is 2.69. The van der Waals surface area contributed by atoms with E-state index < -0.39 is 12.0 Å². The Bertz CT molecular complexity index is 813. The van der Waals surface area contributed by atoms with Crippen molar-refractivity contribution in [3.63, 3.8) is 0 Å². The number of hydrogen-bond donors (Lipinski definition) is 2. The van der Waals surface area contributed by atoms with Crippen molar-refractivity contribution in [2.75, 3.05) is 6.61 Å². The highest BCUT2D eigenvalue weighted by molar-refractivity contribution is 9.10. The third-order valence-electron chi connectivity index (χ3n) is 4.20. The Kier molecular flexibility index (Phi) is 8.26. The minimum absolute atomic E-state index is 0.0500. The summed E-state index contributed by atoms with van der Waals surface area (Å²) in [5, 5.41) is 12.4. The van der Waals surface area contributed by atoms with E-state index in [0.717, 1.165) is 10.0 Å². The highest BCUT2D eigenvalue weighted by atomic mass is 79.9. The number of ether oxygens (including phenoxy) is 2. The molecular weight excluding hydrogens is 429 g/mol. The number of nitrogens with one attached hydrogen (secondary N) is 1. The zero-order chi connectivity index (χ0) is 20.7. The lowest BCUT2D eigenvalue weighted by atomic mass is 10.0. The Hall–Kier alpha value is -2.12. The number of carboxylic acids is 1. The molecule has 152 valence electrons. The van der Waals surface area contributed by atoms with Crippen LogP contribution in [0.1, 0.15) is 31.9 Å². The smallest absolute Gasteiger partial charge is 0.320 e. The first-order valence-electron chi connectivity index (χ1n) is 9.11. The predicted octanol–water partition coefficient (Wildman–Crippen LogP) is 4.76. The van der Waals surface area contributed by atoms with Crippen LogP contribution < -0.4 is 14.8 Å². The van der Waals surface area contributed by atoms with E-state index in [9.17, 15) is 14.3 Å². The Morgan fingerprint density at radius 3 is 2.46 bits per heavy atom. The number of hydrogen-bond acceptors (Lipinski definition) is 4. The fraction of sp³-hybridized carbons (Fsp3) is 0.381. The van der Waals surface area contributed by atoms with E-state index in [0.29, 0.717) is 30.2 Å². The van der Waals surface area contributed by atoms with Crippen LogP contribution in [-0.4, -0.2) is 23.7 Å². The van der Waals surface area contributed by atoms with E-state index in [1.54, 1.807) is 30.3 Å². The summed E-state index contributed by atoms with van der Waals surface area (Å²) < 4.78 is 26.0. The van der Waals surface area contributed by atoms with Gasteiger partial charge in [0, 0.05) is 16.6 Å². The molecule has 7 heteroatoms. The Morgan fingerprint density at radius 2 is 1.86 bits per heavy atom. The third kappa shape index (κ3) is 5.94. The van der Waals surface area contributed by atoms with Crippen LogP contribution in [0.2, 0.25) is 0 Å². The van der Waals surface area contributed by atoms with Crippen LogP contribution in [0.15, 0.2) is 40.9 Å². The van der Waals surface area contributed by atoms with Gasteiger partial charge in [0.15, 0.2) is 11.5 Å². The van der Waals surface area contributed by atoms with Crippen LogP contribution in [0.25, 0.3) is 0 Å². The number of carboxylic acid groups (broad SMARTS) is 1. The molecule has 2 rings (SSSR count). The number of carbonyl (C=O) groups is 1. The molecule has 0 aliphatic carbocycles. The van der Waals surface area contributed by atoms with Crippen molar-refractivity contribution in [3.8, 4) is 11.5 Å². The summed E-state index contributed by atoms with van der Waals surface area (Å²) in [4.78, 5) is 11.4. The van der Waals surface area contributed by atoms with Gasteiger partial charge in [0.2, 0.25) is 0 Å². The molecule has 0 saturated heterocycles. The monoisotopic (exact) mass is 453 g/mol. The summed E-state index contributed by atoms with van der Waals surface area (Å²) in [6.07, 6.45) is 0. The second-order valence-corrected chi connectivity index (χ2v) is 7.50. The number of rotatable bonds is 10. The molecule has 2 aromatic carbocycles. The molecular formula is C21H25BrFNO4. The van der Waals surface area contributed by atoms with Gasteiger partial charge >= 0.3 is 5.97 Å². The van der Waals surface area contributed by atoms with Gasteiger partial charge in [-0.2, -0.15) is 0 Å². The predicted molar refractivity (Wildman–Crippen MR) is 109 cm³/mol. The minimum atomic E-state index is -0.888. The Balaban J connectivity index is 2.18. The molecule has 2 aromatic rings. The van der Waals surface area contributed by atoms with E-state index in [2.05, 4.69) is 21.2 Å². The van der Waals surface area contributed by atoms with Crippen LogP contribution >= 0.6 is 15.9 Å². The average Bonchev–Trinajstić information content (AvgIpc) is 2.63. The minimum Gasteiger partial charge on any atom is -0.490 e. The standard InChI is InChI=1S/C21H25BrFNO4/c1-4-27-18-9-15(11-24-20(13(2)3)21(25)26)16(22)10-19(18)28-12-14-7-5-6-8-17(14)23/h5-10,13,20,24H,4,11-12H2,1-3H3,(H,25,26). The quantitative estimate of drug-likeness (QED) is 0.542. The maximum absolute atomic E-state index is 13.8. The van der Waals surface area contributed by atoms with E-state index in [4.69, 9.17) is 9.47 Å². The first-order valence-corrected chi connectivity index (χ1v) is 9.90. The van der Waals surface area contributed by atoms with E-state index >= 15 is 0 Å². The number of halogens is 2. The Morgan fingerprint density at radius 1 is 1.18 bits per heavy atom. The molecule has 0 aromatic heterocycles. The molecule has 2 N–H and O–H groups in total. The van der Waals surface area contributed by atoms with Crippen molar-refractivity contribution in [1.82, 2.24) is 5.32 Å². The summed E-state index contributed by atoms with van der Waals surface area (Å²) in [6.45, 7) is 6.43. The molecule has 0 aliphatic heterocycles. The van der Waals surface area contributed by atoms with Crippen LogP contribution in [0, 0.1) is 11.7 Å². The zero-order valence-electron chi connectivity index (χ0n) is 16.2. The van der Waals surface area contributed by atoms with E-state index in [1.165, 1.54) is 6.07 Å². The normalized spacial score (nSPS) is 12.1. The molecule has 0 aliphatic rings. The molecule has 1 atom stereocenters. The van der Waals surface area contributed by atoms with Gasteiger partial charge in [0.1, 0.15) is 18.5 Å². The van der Waals surface area contributed by atoms with E-state index in [-0.39, 0.29) is 18.3 Å². The maximum atomic E-state index is 13.8. The summed E-state index contributed by atoms with van der Waals surface area (Å²) in [5.74, 6) is -0.254. The van der Waals surface area contributed by atoms with Gasteiger partial charge < -0.3 is 19.9 Å². The van der Waals surface area contributed by atoms with Gasteiger partial charge in [-0.25, -0.2) is 4.39 Å². The van der Waals surface area contributed by atoms with Crippen LogP contribution in [0.5, 0.6) is 11.5 Å². The topological polar surface area (TPSA) is 67.8 Å². The number of benzene rings is 2. The molecule has 0 heterocycles. The molecule has 0 spiro atoms. The highest BCUT2D eigenvalue weighted by Gasteiger charge is 2.21. The van der Waals surface area contributed by atoms with Gasteiger partial charge in [-0.3, -0.25) is 4.79 Å². The van der Waals surface area contributed by atoms with Gasteiger partial charge in [0.25, 0.3) is 0 Å². The lowest BCUT2D eigenvalue weighted by Gasteiger charge is -2.20. The second kappa shape index (κ2) is 10.4. The molecule has 0 fully saturated rings. The molecule has 0 saturated carbocycles. The molecule has 5 nitrogen and oxygen atoms in total. The third-order valence-corrected chi connectivity index (χ3v) is 4.94. The first-order chi connectivity index (χ1) is 13.3. The van der Waals surface area contributed by atoms with Crippen molar-refractivity contribution < 1.29 is 23.8 Å². The van der Waals surface area contributed by atoms with Crippen molar-refractivity contribution in [2.45, 2.75) is 40.0 Å². The molecule has 0 amide bonds. The molecule has 1 unspecified atom stereocenters. The van der Waals surface area contributed by atoms with Crippen LogP contribution in [0.3, 0.4) is 0 Å². The van der Waals surface area contributed by atoms with Crippen LogP contribution in [0.4, 0.5) is 4.39 Å². The number of aliphatic carboxylic acids is 1. The van der Waals surface area contributed by atoms with Crippen molar-refractivity contribution >= 4 is 21.9 Å². The summed E-state index contributed by atoms with van der Waals surface area (Å²) >= 11 is 3.50. The van der Waals surface area contributed by atoms with Crippen molar-refractivity contribution in [2.24, 2.45) is 5.92 Å². The van der Waals surface area contributed by atoms with Crippen molar-refractivity contribution in [1.29, 1.82) is 0 Å². The molecule has 0 radical (unpaired) electrons. The lowest BCUT2D eigenvalue weighted by Crippen LogP contribution is -2.40. The van der Waals surface area contributed by atoms with Gasteiger partial charge in [-0.1, -0.05) is 48.0 Å². The lowest BCUT2D eigenvalue weighted by molar-refractivity contribution is -0.140. The molecule has 0 bridgehead atoms.